The van der Waals surface area contributed by atoms with Gasteiger partial charge in [0.15, 0.2) is 0 Å². The van der Waals surface area contributed by atoms with Crippen LogP contribution in [-0.2, 0) is 9.53 Å². The first-order chi connectivity index (χ1) is 11.6. The molecule has 0 bridgehead atoms. The largest absolute Gasteiger partial charge is 0.465 e. The summed E-state index contributed by atoms with van der Waals surface area (Å²) >= 11 is 0. The van der Waals surface area contributed by atoms with Gasteiger partial charge in [-0.1, -0.05) is 85.0 Å². The van der Waals surface area contributed by atoms with E-state index < -0.39 is 0 Å². The van der Waals surface area contributed by atoms with Gasteiger partial charge in [0.05, 0.1) is 13.2 Å². The predicted molar refractivity (Wildman–Crippen MR) is 102 cm³/mol. The van der Waals surface area contributed by atoms with E-state index in [4.69, 9.17) is 4.74 Å². The van der Waals surface area contributed by atoms with Crippen LogP contribution in [0.3, 0.4) is 0 Å². The first-order valence-corrected chi connectivity index (χ1v) is 10.4. The summed E-state index contributed by atoms with van der Waals surface area (Å²) in [6.45, 7) is 6.78. The molecule has 0 aromatic carbocycles. The fourth-order valence-electron chi connectivity index (χ4n) is 2.96. The van der Waals surface area contributed by atoms with Gasteiger partial charge in [-0.15, -0.1) is 0 Å². The van der Waals surface area contributed by atoms with E-state index in [2.05, 4.69) is 6.92 Å². The Morgan fingerprint density at radius 3 is 1.67 bits per heavy atom. The van der Waals surface area contributed by atoms with E-state index in [0.717, 1.165) is 25.7 Å². The zero-order valence-electron chi connectivity index (χ0n) is 16.6. The number of rotatable bonds is 17. The fourth-order valence-corrected chi connectivity index (χ4v) is 2.96. The fraction of sp³-hybridized carbons (Fsp3) is 0.952. The van der Waals surface area contributed by atoms with Crippen molar-refractivity contribution >= 4 is 5.97 Å². The lowest BCUT2D eigenvalue weighted by Gasteiger charge is -2.28. The van der Waals surface area contributed by atoms with Crippen LogP contribution in [0.15, 0.2) is 0 Å². The Morgan fingerprint density at radius 2 is 1.25 bits per heavy atom. The third-order valence-electron chi connectivity index (χ3n) is 5.36. The molecular weight excluding hydrogens is 300 g/mol. The second-order valence-corrected chi connectivity index (χ2v) is 7.31. The molecule has 0 aliphatic heterocycles. The number of ether oxygens (including phenoxy) is 1. The second kappa shape index (κ2) is 15.9. The smallest absolute Gasteiger partial charge is 0.305 e. The third-order valence-corrected chi connectivity index (χ3v) is 5.36. The molecule has 0 atom stereocenters. The molecule has 24 heavy (non-hydrogen) atoms. The Hall–Kier alpha value is -0.570. The lowest BCUT2D eigenvalue weighted by molar-refractivity contribution is -0.148. The Labute approximate surface area is 150 Å². The number of aliphatic hydroxyl groups excluding tert-OH is 1. The van der Waals surface area contributed by atoms with Crippen molar-refractivity contribution in [3.8, 4) is 0 Å². The summed E-state index contributed by atoms with van der Waals surface area (Å²) in [6.07, 6.45) is 16.3. The Balaban J connectivity index is 3.46. The van der Waals surface area contributed by atoms with E-state index in [1.807, 2.05) is 13.8 Å². The first kappa shape index (κ1) is 23.4. The van der Waals surface area contributed by atoms with Gasteiger partial charge in [-0.2, -0.15) is 0 Å². The van der Waals surface area contributed by atoms with Crippen LogP contribution in [0.5, 0.6) is 0 Å². The van der Waals surface area contributed by atoms with Crippen molar-refractivity contribution in [2.75, 3.05) is 13.2 Å². The van der Waals surface area contributed by atoms with E-state index in [9.17, 15) is 9.90 Å². The van der Waals surface area contributed by atoms with Gasteiger partial charge in [-0.3, -0.25) is 4.79 Å². The van der Waals surface area contributed by atoms with E-state index >= 15 is 0 Å². The van der Waals surface area contributed by atoms with E-state index in [1.54, 1.807) is 0 Å². The highest BCUT2D eigenvalue weighted by molar-refractivity contribution is 5.69. The maximum absolute atomic E-state index is 11.8. The van der Waals surface area contributed by atoms with Crippen LogP contribution >= 0.6 is 0 Å². The molecule has 0 saturated heterocycles. The second-order valence-electron chi connectivity index (χ2n) is 7.31. The van der Waals surface area contributed by atoms with Crippen LogP contribution in [0.25, 0.3) is 0 Å². The van der Waals surface area contributed by atoms with Crippen molar-refractivity contribution in [2.45, 2.75) is 111 Å². The molecular formula is C21H42O3. The molecule has 3 nitrogen and oxygen atoms in total. The third kappa shape index (κ3) is 11.9. The average molecular weight is 343 g/mol. The molecule has 3 heteroatoms. The van der Waals surface area contributed by atoms with Crippen LogP contribution in [0, 0.1) is 5.41 Å². The van der Waals surface area contributed by atoms with Crippen molar-refractivity contribution in [1.29, 1.82) is 0 Å². The molecule has 0 heterocycles. The highest BCUT2D eigenvalue weighted by Gasteiger charge is 2.27. The Kier molecular flexibility index (Phi) is 15.6. The normalized spacial score (nSPS) is 11.7. The molecule has 0 aliphatic carbocycles. The van der Waals surface area contributed by atoms with Crippen molar-refractivity contribution in [1.82, 2.24) is 0 Å². The molecule has 0 rings (SSSR count). The van der Waals surface area contributed by atoms with Crippen molar-refractivity contribution in [3.05, 3.63) is 0 Å². The minimum absolute atomic E-state index is 0.0890. The van der Waals surface area contributed by atoms with Crippen LogP contribution in [-0.4, -0.2) is 24.3 Å². The van der Waals surface area contributed by atoms with E-state index in [0.29, 0.717) is 13.0 Å². The van der Waals surface area contributed by atoms with Crippen LogP contribution < -0.4 is 0 Å². The molecule has 0 unspecified atom stereocenters. The number of carbonyl (C=O) groups is 1. The zero-order valence-corrected chi connectivity index (χ0v) is 16.6. The molecule has 0 aromatic rings. The first-order valence-electron chi connectivity index (χ1n) is 10.4. The van der Waals surface area contributed by atoms with Gasteiger partial charge < -0.3 is 9.84 Å². The van der Waals surface area contributed by atoms with Gasteiger partial charge in [0.1, 0.15) is 0 Å². The van der Waals surface area contributed by atoms with Gasteiger partial charge >= 0.3 is 5.97 Å². The van der Waals surface area contributed by atoms with Crippen molar-refractivity contribution in [2.24, 2.45) is 5.41 Å². The minimum atomic E-state index is -0.243. The summed E-state index contributed by atoms with van der Waals surface area (Å²) in [4.78, 5) is 11.8. The quantitative estimate of drug-likeness (QED) is 0.259. The topological polar surface area (TPSA) is 46.5 Å². The number of esters is 1. The lowest BCUT2D eigenvalue weighted by Crippen LogP contribution is -2.31. The maximum atomic E-state index is 11.8. The summed E-state index contributed by atoms with van der Waals surface area (Å²) in [7, 11) is 0. The number of hydrogen-bond donors (Lipinski definition) is 1. The summed E-state index contributed by atoms with van der Waals surface area (Å²) in [5.41, 5.74) is -0.243. The molecule has 144 valence electrons. The molecule has 0 saturated carbocycles. The average Bonchev–Trinajstić information content (AvgIpc) is 2.61. The van der Waals surface area contributed by atoms with Gasteiger partial charge in [0.2, 0.25) is 0 Å². The molecule has 1 N–H and O–H groups in total. The van der Waals surface area contributed by atoms with Crippen molar-refractivity contribution in [3.63, 3.8) is 0 Å². The molecule has 0 fully saturated rings. The summed E-state index contributed by atoms with van der Waals surface area (Å²) in [5, 5.41) is 9.48. The van der Waals surface area contributed by atoms with E-state index in [1.165, 1.54) is 57.8 Å². The standard InChI is InChI=1S/C21H42O3/c1-4-7-8-9-10-11-12-13-14-15-16-17-20(23)24-19-21(5-2,6-3)18-22/h22H,4-19H2,1-3H3. The molecule has 0 spiro atoms. The maximum Gasteiger partial charge on any atom is 0.305 e. The van der Waals surface area contributed by atoms with Crippen molar-refractivity contribution < 1.29 is 14.6 Å². The molecule has 0 amide bonds. The number of unbranched alkanes of at least 4 members (excludes halogenated alkanes) is 10. The summed E-state index contributed by atoms with van der Waals surface area (Å²) in [5.74, 6) is -0.106. The summed E-state index contributed by atoms with van der Waals surface area (Å²) in [6, 6.07) is 0. The highest BCUT2D eigenvalue weighted by Crippen LogP contribution is 2.26. The monoisotopic (exact) mass is 342 g/mol. The number of aliphatic hydroxyl groups is 1. The number of hydrogen-bond acceptors (Lipinski definition) is 3. The molecule has 0 aliphatic rings. The Morgan fingerprint density at radius 1 is 0.792 bits per heavy atom. The van der Waals surface area contributed by atoms with Crippen LogP contribution in [0.2, 0.25) is 0 Å². The van der Waals surface area contributed by atoms with Crippen LogP contribution in [0.4, 0.5) is 0 Å². The Bertz CT molecular complexity index is 277. The number of carbonyl (C=O) groups excluding carboxylic acids is 1. The predicted octanol–water partition coefficient (Wildman–Crippen LogP) is 6.03. The van der Waals surface area contributed by atoms with Gasteiger partial charge in [0, 0.05) is 11.8 Å². The van der Waals surface area contributed by atoms with Crippen LogP contribution in [0.1, 0.15) is 111 Å². The minimum Gasteiger partial charge on any atom is -0.465 e. The van der Waals surface area contributed by atoms with Gasteiger partial charge in [0.25, 0.3) is 0 Å². The van der Waals surface area contributed by atoms with Gasteiger partial charge in [-0.25, -0.2) is 0 Å². The SMILES string of the molecule is CCCCCCCCCCCCCC(=O)OCC(CC)(CC)CO. The lowest BCUT2D eigenvalue weighted by atomic mass is 9.84. The zero-order chi connectivity index (χ0) is 18.1. The molecule has 0 aromatic heterocycles. The van der Waals surface area contributed by atoms with E-state index in [-0.39, 0.29) is 18.0 Å². The highest BCUT2D eigenvalue weighted by atomic mass is 16.5. The summed E-state index contributed by atoms with van der Waals surface area (Å²) < 4.78 is 5.37. The van der Waals surface area contributed by atoms with Gasteiger partial charge in [-0.05, 0) is 19.3 Å². The molecule has 0 radical (unpaired) electrons.